The highest BCUT2D eigenvalue weighted by Gasteiger charge is 2.38. The number of aromatic nitrogens is 4. The number of carbonyl (C=O) groups is 3. The third kappa shape index (κ3) is 7.64. The molecule has 4 heterocycles. The molecule has 11 nitrogen and oxygen atoms in total. The van der Waals surface area contributed by atoms with Crippen molar-refractivity contribution in [3.63, 3.8) is 0 Å². The van der Waals surface area contributed by atoms with E-state index in [2.05, 4.69) is 63.8 Å². The Bertz CT molecular complexity index is 2250. The van der Waals surface area contributed by atoms with Gasteiger partial charge in [-0.1, -0.05) is 109 Å². The first-order chi connectivity index (χ1) is 26.9. The summed E-state index contributed by atoms with van der Waals surface area (Å²) in [7, 11) is 1.47. The maximum atomic E-state index is 13.8. The van der Waals surface area contributed by atoms with E-state index in [1.807, 2.05) is 59.6 Å². The molecule has 4 aromatic carbocycles. The van der Waals surface area contributed by atoms with Crippen LogP contribution in [0.25, 0.3) is 33.6 Å². The van der Waals surface area contributed by atoms with Gasteiger partial charge >= 0.3 is 6.09 Å². The quantitative estimate of drug-likeness (QED) is 0.132. The highest BCUT2D eigenvalue weighted by molar-refractivity contribution is 5.85. The summed E-state index contributed by atoms with van der Waals surface area (Å²) in [5.41, 5.74) is 7.59. The van der Waals surface area contributed by atoms with Gasteiger partial charge in [0.15, 0.2) is 0 Å². The number of carbonyl (C=O) groups excluding carboxylic acids is 3. The van der Waals surface area contributed by atoms with Crippen LogP contribution in [0.2, 0.25) is 0 Å². The van der Waals surface area contributed by atoms with Crippen molar-refractivity contribution in [1.29, 1.82) is 0 Å². The zero-order chi connectivity index (χ0) is 37.7. The highest BCUT2D eigenvalue weighted by atomic mass is 16.6. The van der Waals surface area contributed by atoms with Gasteiger partial charge in [-0.2, -0.15) is 0 Å². The molecule has 2 aliphatic heterocycles. The lowest BCUT2D eigenvalue weighted by molar-refractivity contribution is -0.142. The van der Waals surface area contributed by atoms with Crippen LogP contribution in [0.3, 0.4) is 0 Å². The summed E-state index contributed by atoms with van der Waals surface area (Å²) >= 11 is 0. The number of nitrogens with zero attached hydrogens (tertiary/aromatic N) is 4. The van der Waals surface area contributed by atoms with Gasteiger partial charge in [-0.05, 0) is 53.5 Å². The fourth-order valence-corrected chi connectivity index (χ4v) is 7.73. The summed E-state index contributed by atoms with van der Waals surface area (Å²) in [6.07, 6.45) is 5.77. The number of alkyl carbamates (subject to hydrolysis) is 1. The molecule has 2 fully saturated rings. The molecular weight excluding hydrogens is 691 g/mol. The van der Waals surface area contributed by atoms with E-state index in [1.165, 1.54) is 7.05 Å². The number of hydrogen-bond acceptors (Lipinski definition) is 6. The Morgan fingerprint density at radius 3 is 1.73 bits per heavy atom. The van der Waals surface area contributed by atoms with E-state index in [0.717, 1.165) is 77.3 Å². The Hall–Kier alpha value is -6.49. The van der Waals surface area contributed by atoms with Crippen LogP contribution in [-0.4, -0.2) is 67.8 Å². The van der Waals surface area contributed by atoms with Crippen LogP contribution in [0.4, 0.5) is 4.79 Å². The molecule has 0 aliphatic carbocycles. The monoisotopic (exact) mass is 733 g/mol. The number of rotatable bonds is 10. The van der Waals surface area contributed by atoms with Crippen LogP contribution in [0.15, 0.2) is 122 Å². The summed E-state index contributed by atoms with van der Waals surface area (Å²) in [4.78, 5) is 59.3. The molecule has 3 amide bonds. The summed E-state index contributed by atoms with van der Waals surface area (Å²) < 4.78 is 5.55. The van der Waals surface area contributed by atoms with Gasteiger partial charge in [0.25, 0.3) is 5.91 Å². The van der Waals surface area contributed by atoms with Crippen molar-refractivity contribution in [1.82, 2.24) is 35.1 Å². The molecule has 3 N–H and O–H groups in total. The molecule has 2 aromatic heterocycles. The van der Waals surface area contributed by atoms with Gasteiger partial charge in [0, 0.05) is 25.7 Å². The number of benzene rings is 4. The lowest BCUT2D eigenvalue weighted by Crippen LogP contribution is -2.38. The topological polar surface area (TPSA) is 136 Å². The largest absolute Gasteiger partial charge is 0.431 e. The molecular formula is C44H43N7O4. The smallest absolute Gasteiger partial charge is 0.408 e. The molecule has 55 heavy (non-hydrogen) atoms. The van der Waals surface area contributed by atoms with Gasteiger partial charge in [-0.15, -0.1) is 0 Å². The third-order valence-electron chi connectivity index (χ3n) is 10.6. The fraction of sp³-hybridized carbons (Fsp3) is 0.250. The van der Waals surface area contributed by atoms with Crippen molar-refractivity contribution in [3.8, 4) is 33.6 Å². The van der Waals surface area contributed by atoms with E-state index >= 15 is 0 Å². The zero-order valence-corrected chi connectivity index (χ0v) is 30.7. The third-order valence-corrected chi connectivity index (χ3v) is 10.6. The predicted molar refractivity (Wildman–Crippen MR) is 209 cm³/mol. The molecule has 6 aromatic rings. The number of H-pyrrole nitrogens is 2. The number of likely N-dealkylation sites (tertiary alicyclic amines) is 2. The van der Waals surface area contributed by atoms with Crippen molar-refractivity contribution in [3.05, 3.63) is 144 Å². The van der Waals surface area contributed by atoms with Gasteiger partial charge < -0.3 is 29.8 Å². The molecule has 0 unspecified atom stereocenters. The van der Waals surface area contributed by atoms with Crippen molar-refractivity contribution in [2.45, 2.75) is 50.3 Å². The van der Waals surface area contributed by atoms with E-state index < -0.39 is 12.2 Å². The fourth-order valence-electron chi connectivity index (χ4n) is 7.73. The van der Waals surface area contributed by atoms with Gasteiger partial charge in [0.1, 0.15) is 11.6 Å². The van der Waals surface area contributed by atoms with E-state index in [9.17, 15) is 14.4 Å². The molecule has 278 valence electrons. The number of nitrogens with one attached hydrogen (secondary N) is 3. The van der Waals surface area contributed by atoms with Gasteiger partial charge in [-0.25, -0.2) is 14.8 Å². The van der Waals surface area contributed by atoms with Crippen LogP contribution in [0, 0.1) is 0 Å². The Morgan fingerprint density at radius 1 is 0.691 bits per heavy atom. The summed E-state index contributed by atoms with van der Waals surface area (Å²) in [5, 5.41) is 2.45. The molecule has 2 aliphatic rings. The van der Waals surface area contributed by atoms with Crippen molar-refractivity contribution < 1.29 is 19.1 Å². The average Bonchev–Trinajstić information content (AvgIpc) is 4.08. The SMILES string of the molecule is CNC(=O)O[C@@H](C(=O)N1CCC[C@H]1c1ncc(-c2ccc(-c3ccc(-c4cnc([C@@H]5CCCN5C(=O)Cc5ccccc5)[nH]4)cc3)cc2)[nH]1)c1ccccc1. The second-order valence-corrected chi connectivity index (χ2v) is 14.1. The van der Waals surface area contributed by atoms with Crippen LogP contribution in [0.5, 0.6) is 0 Å². The summed E-state index contributed by atoms with van der Waals surface area (Å²) in [5.74, 6) is 1.39. The van der Waals surface area contributed by atoms with Crippen molar-refractivity contribution >= 4 is 17.9 Å². The van der Waals surface area contributed by atoms with Crippen LogP contribution in [0.1, 0.15) is 66.6 Å². The van der Waals surface area contributed by atoms with Gasteiger partial charge in [0.05, 0.1) is 42.3 Å². The maximum absolute atomic E-state index is 13.8. The number of ether oxygens (including phenoxy) is 1. The van der Waals surface area contributed by atoms with E-state index in [1.54, 1.807) is 23.2 Å². The average molecular weight is 734 g/mol. The Morgan fingerprint density at radius 2 is 1.18 bits per heavy atom. The molecule has 11 heteroatoms. The number of aromatic amines is 2. The minimum atomic E-state index is -1.06. The van der Waals surface area contributed by atoms with Gasteiger partial charge in [0.2, 0.25) is 12.0 Å². The first-order valence-corrected chi connectivity index (χ1v) is 18.8. The predicted octanol–water partition coefficient (Wildman–Crippen LogP) is 7.80. The molecule has 3 atom stereocenters. The van der Waals surface area contributed by atoms with Crippen molar-refractivity contribution in [2.75, 3.05) is 20.1 Å². The van der Waals surface area contributed by atoms with E-state index in [4.69, 9.17) is 14.7 Å². The Kier molecular flexibility index (Phi) is 10.2. The normalized spacial score (nSPS) is 17.3. The Balaban J connectivity index is 0.921. The standard InChI is InChI=1S/C44H43N7O4/c1-45-44(54)55-40(34-12-6-3-7-13-34)43(53)51-25-9-15-38(51)42-47-28-36(49-42)33-22-18-31(19-23-33)30-16-20-32(21-17-30)35-27-46-41(48-35)37-14-8-24-50(37)39(52)26-29-10-4-2-5-11-29/h2-7,10-13,16-23,27-28,37-38,40H,8-9,14-15,24-26H2,1H3,(H,45,54)(H,46,48)(H,47,49)/t37-,38-,40+/m0/s1. The van der Waals surface area contributed by atoms with Gasteiger partial charge in [-0.3, -0.25) is 9.59 Å². The first-order valence-electron chi connectivity index (χ1n) is 18.8. The van der Waals surface area contributed by atoms with E-state index in [0.29, 0.717) is 24.4 Å². The molecule has 0 bridgehead atoms. The van der Waals surface area contributed by atoms with Crippen LogP contribution in [-0.2, 0) is 20.7 Å². The zero-order valence-electron chi connectivity index (χ0n) is 30.7. The first kappa shape index (κ1) is 35.5. The van der Waals surface area contributed by atoms with Crippen molar-refractivity contribution in [2.24, 2.45) is 0 Å². The molecule has 8 rings (SSSR count). The minimum absolute atomic E-state index is 0.0462. The second kappa shape index (κ2) is 15.9. The number of imidazole rings is 2. The Labute approximate surface area is 319 Å². The minimum Gasteiger partial charge on any atom is -0.431 e. The number of amides is 3. The highest BCUT2D eigenvalue weighted by Crippen LogP contribution is 2.36. The molecule has 0 saturated carbocycles. The summed E-state index contributed by atoms with van der Waals surface area (Å²) in [6.45, 7) is 1.29. The molecule has 0 radical (unpaired) electrons. The number of hydrogen-bond donors (Lipinski definition) is 3. The molecule has 0 spiro atoms. The molecule has 2 saturated heterocycles. The second-order valence-electron chi connectivity index (χ2n) is 14.1. The lowest BCUT2D eigenvalue weighted by atomic mass is 10.0. The van der Waals surface area contributed by atoms with E-state index in [-0.39, 0.29) is 23.9 Å². The lowest BCUT2D eigenvalue weighted by Gasteiger charge is -2.28. The summed E-state index contributed by atoms with van der Waals surface area (Å²) in [6, 6.07) is 35.4. The van der Waals surface area contributed by atoms with Crippen LogP contribution >= 0.6 is 0 Å². The van der Waals surface area contributed by atoms with Crippen LogP contribution < -0.4 is 5.32 Å². The maximum Gasteiger partial charge on any atom is 0.408 e.